The number of hydrogen-bond acceptors (Lipinski definition) is 5. The molecule has 2 saturated heterocycles. The summed E-state index contributed by atoms with van der Waals surface area (Å²) in [5.74, 6) is 1.96. The number of hydrogen-bond donors (Lipinski definition) is 0. The Morgan fingerprint density at radius 2 is 1.43 bits per heavy atom. The summed E-state index contributed by atoms with van der Waals surface area (Å²) in [6.07, 6.45) is 2.43. The molecular weight excluding hydrogens is 350 g/mol. The lowest BCUT2D eigenvalue weighted by molar-refractivity contribution is 0.0746. The lowest BCUT2D eigenvalue weighted by Crippen LogP contribution is -2.49. The normalized spacial score (nSPS) is 17.3. The molecule has 2 aliphatic rings. The van der Waals surface area contributed by atoms with E-state index in [4.69, 9.17) is 4.98 Å². The van der Waals surface area contributed by atoms with Crippen molar-refractivity contribution >= 4 is 17.7 Å². The first-order valence-electron chi connectivity index (χ1n) is 10.2. The SMILES string of the molecule is Cc1cc(C)cc(C(=O)N2CCN(c3cc(C)nc(N4CCCC4)n3)CC2)c1. The first kappa shape index (κ1) is 18.7. The first-order chi connectivity index (χ1) is 13.5. The van der Waals surface area contributed by atoms with Crippen LogP contribution in [0.25, 0.3) is 0 Å². The van der Waals surface area contributed by atoms with Crippen molar-refractivity contribution in [2.75, 3.05) is 49.1 Å². The smallest absolute Gasteiger partial charge is 0.253 e. The Hall–Kier alpha value is -2.63. The second-order valence-corrected chi connectivity index (χ2v) is 8.02. The second kappa shape index (κ2) is 7.78. The van der Waals surface area contributed by atoms with Crippen LogP contribution in [0, 0.1) is 20.8 Å². The predicted molar refractivity (Wildman–Crippen MR) is 112 cm³/mol. The van der Waals surface area contributed by atoms with Crippen molar-refractivity contribution in [2.45, 2.75) is 33.6 Å². The molecule has 0 N–H and O–H groups in total. The summed E-state index contributed by atoms with van der Waals surface area (Å²) in [5, 5.41) is 0. The highest BCUT2D eigenvalue weighted by Gasteiger charge is 2.24. The van der Waals surface area contributed by atoms with Gasteiger partial charge in [-0.05, 0) is 45.7 Å². The quantitative estimate of drug-likeness (QED) is 0.821. The third kappa shape index (κ3) is 3.96. The summed E-state index contributed by atoms with van der Waals surface area (Å²) in [4.78, 5) is 28.9. The minimum Gasteiger partial charge on any atom is -0.353 e. The van der Waals surface area contributed by atoms with E-state index >= 15 is 0 Å². The van der Waals surface area contributed by atoms with E-state index in [2.05, 4.69) is 26.9 Å². The molecule has 2 fully saturated rings. The third-order valence-corrected chi connectivity index (χ3v) is 5.58. The number of carbonyl (C=O) groups is 1. The third-order valence-electron chi connectivity index (χ3n) is 5.58. The lowest BCUT2D eigenvalue weighted by Gasteiger charge is -2.36. The highest BCUT2D eigenvalue weighted by atomic mass is 16.2. The summed E-state index contributed by atoms with van der Waals surface area (Å²) in [6, 6.07) is 8.13. The number of amides is 1. The summed E-state index contributed by atoms with van der Waals surface area (Å²) in [7, 11) is 0. The molecule has 0 spiro atoms. The zero-order valence-electron chi connectivity index (χ0n) is 17.1. The van der Waals surface area contributed by atoms with E-state index in [0.29, 0.717) is 13.1 Å². The lowest BCUT2D eigenvalue weighted by atomic mass is 10.1. The maximum absolute atomic E-state index is 12.9. The zero-order chi connectivity index (χ0) is 19.7. The van der Waals surface area contributed by atoms with E-state index in [1.54, 1.807) is 0 Å². The maximum atomic E-state index is 12.9. The van der Waals surface area contributed by atoms with Crippen LogP contribution in [0.2, 0.25) is 0 Å². The highest BCUT2D eigenvalue weighted by Crippen LogP contribution is 2.22. The summed E-state index contributed by atoms with van der Waals surface area (Å²) in [5.41, 5.74) is 4.06. The van der Waals surface area contributed by atoms with Gasteiger partial charge in [0.25, 0.3) is 5.91 Å². The van der Waals surface area contributed by atoms with Crippen molar-refractivity contribution in [2.24, 2.45) is 0 Å². The molecule has 0 saturated carbocycles. The standard InChI is InChI=1S/C22H29N5O/c1-16-12-17(2)14-19(13-16)21(28)26-10-8-25(9-11-26)20-15-18(3)23-22(24-20)27-6-4-5-7-27/h12-15H,4-11H2,1-3H3. The molecule has 148 valence electrons. The van der Waals surface area contributed by atoms with Crippen LogP contribution in [0.5, 0.6) is 0 Å². The largest absolute Gasteiger partial charge is 0.353 e. The predicted octanol–water partition coefficient (Wildman–Crippen LogP) is 2.96. The number of rotatable bonds is 3. The van der Waals surface area contributed by atoms with Gasteiger partial charge in [-0.2, -0.15) is 4.98 Å². The van der Waals surface area contributed by atoms with E-state index in [-0.39, 0.29) is 5.91 Å². The van der Waals surface area contributed by atoms with E-state index in [0.717, 1.165) is 60.3 Å². The minimum atomic E-state index is 0.128. The van der Waals surface area contributed by atoms with E-state index < -0.39 is 0 Å². The van der Waals surface area contributed by atoms with Crippen LogP contribution in [0.1, 0.15) is 40.0 Å². The highest BCUT2D eigenvalue weighted by molar-refractivity contribution is 5.94. The molecule has 0 aliphatic carbocycles. The maximum Gasteiger partial charge on any atom is 0.253 e. The van der Waals surface area contributed by atoms with Gasteiger partial charge in [0.05, 0.1) is 0 Å². The minimum absolute atomic E-state index is 0.128. The number of aryl methyl sites for hydroxylation is 3. The molecule has 28 heavy (non-hydrogen) atoms. The average Bonchev–Trinajstić information content (AvgIpc) is 3.21. The molecule has 1 aromatic heterocycles. The van der Waals surface area contributed by atoms with Crippen molar-refractivity contribution in [3.63, 3.8) is 0 Å². The molecule has 4 rings (SSSR count). The number of nitrogens with zero attached hydrogens (tertiary/aromatic N) is 5. The fraction of sp³-hybridized carbons (Fsp3) is 0.500. The van der Waals surface area contributed by atoms with Crippen molar-refractivity contribution < 1.29 is 4.79 Å². The van der Waals surface area contributed by atoms with Gasteiger partial charge in [-0.1, -0.05) is 17.2 Å². The average molecular weight is 380 g/mol. The molecular formula is C22H29N5O. The van der Waals surface area contributed by atoms with Gasteiger partial charge in [-0.15, -0.1) is 0 Å². The summed E-state index contributed by atoms with van der Waals surface area (Å²) >= 11 is 0. The Morgan fingerprint density at radius 1 is 0.786 bits per heavy atom. The number of carbonyl (C=O) groups excluding carboxylic acids is 1. The monoisotopic (exact) mass is 379 g/mol. The van der Waals surface area contributed by atoms with Crippen LogP contribution in [0.4, 0.5) is 11.8 Å². The molecule has 2 aromatic rings. The second-order valence-electron chi connectivity index (χ2n) is 8.02. The van der Waals surface area contributed by atoms with Crippen LogP contribution < -0.4 is 9.80 Å². The Kier molecular flexibility index (Phi) is 5.20. The Bertz CT molecular complexity index is 847. The Labute approximate surface area is 167 Å². The van der Waals surface area contributed by atoms with Crippen LogP contribution in [0.3, 0.4) is 0 Å². The molecule has 1 aromatic carbocycles. The summed E-state index contributed by atoms with van der Waals surface area (Å²) < 4.78 is 0. The first-order valence-corrected chi connectivity index (χ1v) is 10.2. The van der Waals surface area contributed by atoms with Gasteiger partial charge in [0.1, 0.15) is 5.82 Å². The fourth-order valence-corrected chi connectivity index (χ4v) is 4.18. The Balaban J connectivity index is 1.44. The molecule has 2 aliphatic heterocycles. The van der Waals surface area contributed by atoms with Gasteiger partial charge in [-0.25, -0.2) is 4.98 Å². The van der Waals surface area contributed by atoms with Crippen LogP contribution >= 0.6 is 0 Å². The number of aromatic nitrogens is 2. The molecule has 6 nitrogen and oxygen atoms in total. The summed E-state index contributed by atoms with van der Waals surface area (Å²) in [6.45, 7) is 11.2. The van der Waals surface area contributed by atoms with Gasteiger partial charge in [0.2, 0.25) is 5.95 Å². The van der Waals surface area contributed by atoms with E-state index in [1.807, 2.05) is 37.8 Å². The van der Waals surface area contributed by atoms with Crippen molar-refractivity contribution in [3.05, 3.63) is 46.6 Å². The van der Waals surface area contributed by atoms with Crippen LogP contribution in [0.15, 0.2) is 24.3 Å². The fourth-order valence-electron chi connectivity index (χ4n) is 4.18. The van der Waals surface area contributed by atoms with E-state index in [1.165, 1.54) is 12.8 Å². The molecule has 6 heteroatoms. The van der Waals surface area contributed by atoms with Crippen LogP contribution in [-0.4, -0.2) is 60.0 Å². The Morgan fingerprint density at radius 3 is 2.07 bits per heavy atom. The molecule has 0 bridgehead atoms. The van der Waals surface area contributed by atoms with Gasteiger partial charge >= 0.3 is 0 Å². The molecule has 0 unspecified atom stereocenters. The molecule has 0 atom stereocenters. The molecule has 3 heterocycles. The molecule has 0 radical (unpaired) electrons. The van der Waals surface area contributed by atoms with Gasteiger partial charge in [-0.3, -0.25) is 4.79 Å². The van der Waals surface area contributed by atoms with Crippen LogP contribution in [-0.2, 0) is 0 Å². The van der Waals surface area contributed by atoms with Gasteiger partial charge in [0.15, 0.2) is 0 Å². The van der Waals surface area contributed by atoms with E-state index in [9.17, 15) is 4.79 Å². The molecule has 1 amide bonds. The van der Waals surface area contributed by atoms with Gasteiger partial charge in [0, 0.05) is 56.6 Å². The van der Waals surface area contributed by atoms with Crippen molar-refractivity contribution in [1.29, 1.82) is 0 Å². The number of piperazine rings is 1. The zero-order valence-corrected chi connectivity index (χ0v) is 17.1. The van der Waals surface area contributed by atoms with Crippen molar-refractivity contribution in [1.82, 2.24) is 14.9 Å². The number of benzene rings is 1. The topological polar surface area (TPSA) is 52.6 Å². The number of anilines is 2. The van der Waals surface area contributed by atoms with Gasteiger partial charge < -0.3 is 14.7 Å². The van der Waals surface area contributed by atoms with Crippen molar-refractivity contribution in [3.8, 4) is 0 Å².